The molecule has 5 nitrogen and oxygen atoms in total. The Hall–Kier alpha value is -3.08. The van der Waals surface area contributed by atoms with Gasteiger partial charge in [0.25, 0.3) is 5.91 Å². The number of carbonyl (C=O) groups excluding carboxylic acids is 2. The van der Waals surface area contributed by atoms with E-state index in [1.54, 1.807) is 24.3 Å². The molecule has 0 saturated carbocycles. The Morgan fingerprint density at radius 3 is 2.65 bits per heavy atom. The predicted octanol–water partition coefficient (Wildman–Crippen LogP) is 2.48. The number of benzene rings is 2. The van der Waals surface area contributed by atoms with Crippen molar-refractivity contribution < 1.29 is 19.1 Å². The number of Topliss-reactive ketones (excluding diaryl/α,β-unsaturated/α-hetero) is 1. The van der Waals surface area contributed by atoms with Crippen LogP contribution in [0.15, 0.2) is 48.2 Å². The number of primary amides is 1. The van der Waals surface area contributed by atoms with Crippen molar-refractivity contribution in [2.75, 3.05) is 6.61 Å². The van der Waals surface area contributed by atoms with Gasteiger partial charge in [0.2, 0.25) is 5.78 Å². The molecule has 23 heavy (non-hydrogen) atoms. The van der Waals surface area contributed by atoms with Crippen LogP contribution in [0.1, 0.15) is 21.5 Å². The normalized spacial score (nSPS) is 14.5. The van der Waals surface area contributed by atoms with Crippen LogP contribution in [0, 0.1) is 6.92 Å². The number of carbonyl (C=O) groups is 2. The number of hydrogen-bond donors (Lipinski definition) is 1. The topological polar surface area (TPSA) is 78.6 Å². The molecule has 1 heterocycles. The van der Waals surface area contributed by atoms with E-state index in [-0.39, 0.29) is 18.1 Å². The van der Waals surface area contributed by atoms with Gasteiger partial charge in [-0.15, -0.1) is 0 Å². The summed E-state index contributed by atoms with van der Waals surface area (Å²) in [5, 5.41) is 0. The van der Waals surface area contributed by atoms with Crippen LogP contribution in [0.5, 0.6) is 11.5 Å². The number of ether oxygens (including phenoxy) is 2. The van der Waals surface area contributed by atoms with E-state index in [2.05, 4.69) is 0 Å². The van der Waals surface area contributed by atoms with Crippen molar-refractivity contribution in [2.24, 2.45) is 5.73 Å². The Balaban J connectivity index is 1.83. The molecular formula is C18H15NO4. The van der Waals surface area contributed by atoms with Crippen LogP contribution in [0.3, 0.4) is 0 Å². The fourth-order valence-corrected chi connectivity index (χ4v) is 2.23. The van der Waals surface area contributed by atoms with Gasteiger partial charge < -0.3 is 15.2 Å². The van der Waals surface area contributed by atoms with Crippen LogP contribution in [-0.2, 0) is 4.79 Å². The average Bonchev–Trinajstić information content (AvgIpc) is 2.83. The van der Waals surface area contributed by atoms with Gasteiger partial charge in [-0.3, -0.25) is 9.59 Å². The molecule has 0 saturated heterocycles. The van der Waals surface area contributed by atoms with Crippen molar-refractivity contribution >= 4 is 17.8 Å². The average molecular weight is 309 g/mol. The highest BCUT2D eigenvalue weighted by molar-refractivity contribution is 6.14. The molecule has 1 aliphatic rings. The van der Waals surface area contributed by atoms with Crippen LogP contribution in [0.2, 0.25) is 0 Å². The second-order valence-electron chi connectivity index (χ2n) is 5.26. The molecule has 2 aromatic carbocycles. The molecule has 1 amide bonds. The van der Waals surface area contributed by atoms with Crippen molar-refractivity contribution in [1.29, 1.82) is 0 Å². The number of allylic oxidation sites excluding steroid dienone is 1. The minimum absolute atomic E-state index is 0.179. The molecule has 0 bridgehead atoms. The fraction of sp³-hybridized carbons (Fsp3) is 0.111. The summed E-state index contributed by atoms with van der Waals surface area (Å²) >= 11 is 0. The van der Waals surface area contributed by atoms with E-state index in [0.717, 1.165) is 11.1 Å². The molecule has 2 N–H and O–H groups in total. The van der Waals surface area contributed by atoms with Gasteiger partial charge in [-0.2, -0.15) is 0 Å². The first-order chi connectivity index (χ1) is 11.0. The first kappa shape index (κ1) is 14.8. The summed E-state index contributed by atoms with van der Waals surface area (Å²) < 4.78 is 10.8. The van der Waals surface area contributed by atoms with Crippen molar-refractivity contribution in [3.8, 4) is 11.5 Å². The van der Waals surface area contributed by atoms with Gasteiger partial charge in [0.05, 0.1) is 5.56 Å². The van der Waals surface area contributed by atoms with Gasteiger partial charge in [-0.05, 0) is 30.7 Å². The third-order valence-electron chi connectivity index (χ3n) is 3.40. The second-order valence-corrected chi connectivity index (χ2v) is 5.26. The molecule has 0 aliphatic carbocycles. The first-order valence-electron chi connectivity index (χ1n) is 7.09. The number of nitrogens with two attached hydrogens (primary N) is 1. The molecule has 116 valence electrons. The maximum atomic E-state index is 12.3. The summed E-state index contributed by atoms with van der Waals surface area (Å²) in [4.78, 5) is 23.1. The molecule has 0 radical (unpaired) electrons. The maximum Gasteiger partial charge on any atom is 0.255 e. The number of rotatable bonds is 4. The zero-order chi connectivity index (χ0) is 16.4. The monoisotopic (exact) mass is 309 g/mol. The maximum absolute atomic E-state index is 12.3. The second kappa shape index (κ2) is 5.96. The highest BCUT2D eigenvalue weighted by Crippen LogP contribution is 2.34. The summed E-state index contributed by atoms with van der Waals surface area (Å²) in [6.07, 6.45) is 1.70. The molecular weight excluding hydrogens is 294 g/mol. The van der Waals surface area contributed by atoms with E-state index in [0.29, 0.717) is 17.1 Å². The van der Waals surface area contributed by atoms with Crippen LogP contribution in [0.25, 0.3) is 6.08 Å². The largest absolute Gasteiger partial charge is 0.484 e. The van der Waals surface area contributed by atoms with Gasteiger partial charge in [-0.25, -0.2) is 0 Å². The Bertz CT molecular complexity index is 806. The Morgan fingerprint density at radius 2 is 1.96 bits per heavy atom. The van der Waals surface area contributed by atoms with Crippen LogP contribution < -0.4 is 15.2 Å². The highest BCUT2D eigenvalue weighted by Gasteiger charge is 2.27. The van der Waals surface area contributed by atoms with Crippen LogP contribution >= 0.6 is 0 Å². The number of fused-ring (bicyclic) bond motifs is 1. The van der Waals surface area contributed by atoms with E-state index in [9.17, 15) is 9.59 Å². The van der Waals surface area contributed by atoms with Crippen LogP contribution in [0.4, 0.5) is 0 Å². The smallest absolute Gasteiger partial charge is 0.255 e. The van der Waals surface area contributed by atoms with Gasteiger partial charge >= 0.3 is 0 Å². The van der Waals surface area contributed by atoms with Gasteiger partial charge in [0, 0.05) is 6.07 Å². The predicted molar refractivity (Wildman–Crippen MR) is 85.2 cm³/mol. The summed E-state index contributed by atoms with van der Waals surface area (Å²) in [7, 11) is 0. The molecule has 5 heteroatoms. The summed E-state index contributed by atoms with van der Waals surface area (Å²) in [5.74, 6) is 0.350. The lowest BCUT2D eigenvalue weighted by Crippen LogP contribution is -2.19. The third-order valence-corrected chi connectivity index (χ3v) is 3.40. The molecule has 0 fully saturated rings. The van der Waals surface area contributed by atoms with Crippen molar-refractivity contribution in [3.05, 3.63) is 64.9 Å². The zero-order valence-electron chi connectivity index (χ0n) is 12.5. The number of hydrogen-bond acceptors (Lipinski definition) is 4. The molecule has 3 rings (SSSR count). The number of aryl methyl sites for hydroxylation is 1. The lowest BCUT2D eigenvalue weighted by molar-refractivity contribution is -0.119. The SMILES string of the molecule is Cc1ccc(C=C2Oc3cc(OCC(N)=O)ccc3C2=O)cc1. The summed E-state index contributed by atoms with van der Waals surface area (Å²) in [6.45, 7) is 1.77. The fourth-order valence-electron chi connectivity index (χ4n) is 2.23. The number of amides is 1. The van der Waals surface area contributed by atoms with Gasteiger partial charge in [0.1, 0.15) is 11.5 Å². The van der Waals surface area contributed by atoms with E-state index < -0.39 is 5.91 Å². The summed E-state index contributed by atoms with van der Waals surface area (Å²) in [6, 6.07) is 12.6. The van der Waals surface area contributed by atoms with Crippen molar-refractivity contribution in [2.45, 2.75) is 6.92 Å². The van der Waals surface area contributed by atoms with E-state index in [1.165, 1.54) is 0 Å². The summed E-state index contributed by atoms with van der Waals surface area (Å²) in [5.41, 5.74) is 7.53. The first-order valence-corrected chi connectivity index (χ1v) is 7.09. The van der Waals surface area contributed by atoms with E-state index in [4.69, 9.17) is 15.2 Å². The molecule has 0 spiro atoms. The Labute approximate surface area is 133 Å². The Kier molecular flexibility index (Phi) is 3.85. The van der Waals surface area contributed by atoms with Gasteiger partial charge in [0.15, 0.2) is 12.4 Å². The number of ketones is 1. The quantitative estimate of drug-likeness (QED) is 0.880. The minimum atomic E-state index is -0.567. The van der Waals surface area contributed by atoms with E-state index >= 15 is 0 Å². The molecule has 0 aromatic heterocycles. The zero-order valence-corrected chi connectivity index (χ0v) is 12.5. The third kappa shape index (κ3) is 3.23. The highest BCUT2D eigenvalue weighted by atomic mass is 16.5. The lowest BCUT2D eigenvalue weighted by atomic mass is 10.1. The van der Waals surface area contributed by atoms with Crippen molar-refractivity contribution in [3.63, 3.8) is 0 Å². The lowest BCUT2D eigenvalue weighted by Gasteiger charge is -2.04. The van der Waals surface area contributed by atoms with Crippen molar-refractivity contribution in [1.82, 2.24) is 0 Å². The molecule has 1 aliphatic heterocycles. The molecule has 0 unspecified atom stereocenters. The Morgan fingerprint density at radius 1 is 1.22 bits per heavy atom. The van der Waals surface area contributed by atoms with E-state index in [1.807, 2.05) is 31.2 Å². The molecule has 0 atom stereocenters. The molecule has 2 aromatic rings. The van der Waals surface area contributed by atoms with Crippen LogP contribution in [-0.4, -0.2) is 18.3 Å². The van der Waals surface area contributed by atoms with Gasteiger partial charge in [-0.1, -0.05) is 29.8 Å². The minimum Gasteiger partial charge on any atom is -0.484 e. The standard InChI is InChI=1S/C18H15NO4/c1-11-2-4-12(5-3-11)8-16-18(21)14-7-6-13(9-15(14)23-16)22-10-17(19)20/h2-9H,10H2,1H3,(H2,19,20).